The fraction of sp³-hybridized carbons (Fsp3) is 0.556. The monoisotopic (exact) mass is 177 g/mol. The highest BCUT2D eigenvalue weighted by atomic mass is 16.1. The number of aromatic nitrogens is 2. The van der Waals surface area contributed by atoms with E-state index in [0.29, 0.717) is 0 Å². The van der Waals surface area contributed by atoms with Gasteiger partial charge >= 0.3 is 0 Å². The second-order valence-corrected chi connectivity index (χ2v) is 3.53. The molecule has 0 spiro atoms. The Labute approximate surface area is 76.3 Å². The van der Waals surface area contributed by atoms with Crippen LogP contribution in [0.2, 0.25) is 0 Å². The molecule has 0 radical (unpaired) electrons. The van der Waals surface area contributed by atoms with Crippen LogP contribution in [0, 0.1) is 6.92 Å². The molecule has 0 saturated heterocycles. The standard InChI is InChI=1S/C9H11N3O/c1-7-5-8(11-12(7)2)9(3-4-9)10-6-13/h5H,3-4H2,1-2H3. The molecule has 0 aromatic carbocycles. The minimum atomic E-state index is -0.326. The van der Waals surface area contributed by atoms with Crippen LogP contribution in [-0.4, -0.2) is 15.9 Å². The summed E-state index contributed by atoms with van der Waals surface area (Å²) in [5, 5.41) is 4.31. The van der Waals surface area contributed by atoms with Gasteiger partial charge in [0.1, 0.15) is 5.54 Å². The number of nitrogens with zero attached hydrogens (tertiary/aromatic N) is 3. The van der Waals surface area contributed by atoms with Crippen LogP contribution in [0.3, 0.4) is 0 Å². The molecule has 1 aromatic rings. The number of hydrogen-bond donors (Lipinski definition) is 0. The van der Waals surface area contributed by atoms with E-state index in [0.717, 1.165) is 24.2 Å². The van der Waals surface area contributed by atoms with Crippen molar-refractivity contribution in [3.8, 4) is 0 Å². The maximum absolute atomic E-state index is 10.2. The van der Waals surface area contributed by atoms with Crippen LogP contribution in [0.5, 0.6) is 0 Å². The molecule has 4 heteroatoms. The van der Waals surface area contributed by atoms with E-state index in [1.165, 1.54) is 0 Å². The molecule has 0 unspecified atom stereocenters. The van der Waals surface area contributed by atoms with Gasteiger partial charge in [-0.25, -0.2) is 4.79 Å². The van der Waals surface area contributed by atoms with Gasteiger partial charge in [0.25, 0.3) is 0 Å². The normalized spacial score (nSPS) is 18.0. The van der Waals surface area contributed by atoms with Gasteiger partial charge in [-0.15, -0.1) is 0 Å². The predicted octanol–water partition coefficient (Wildman–Crippen LogP) is 1.05. The quantitative estimate of drug-likeness (QED) is 0.500. The summed E-state index contributed by atoms with van der Waals surface area (Å²) >= 11 is 0. The van der Waals surface area contributed by atoms with Crippen LogP contribution in [0.15, 0.2) is 11.1 Å². The molecule has 0 N–H and O–H groups in total. The molecule has 1 aliphatic carbocycles. The third-order valence-electron chi connectivity index (χ3n) is 2.57. The molecule has 13 heavy (non-hydrogen) atoms. The van der Waals surface area contributed by atoms with Gasteiger partial charge in [0.15, 0.2) is 0 Å². The molecule has 4 nitrogen and oxygen atoms in total. The number of aliphatic imine (C=N–C) groups is 1. The zero-order valence-corrected chi connectivity index (χ0v) is 7.74. The van der Waals surface area contributed by atoms with Gasteiger partial charge in [0, 0.05) is 12.7 Å². The third-order valence-corrected chi connectivity index (χ3v) is 2.57. The first-order valence-electron chi connectivity index (χ1n) is 4.28. The minimum Gasteiger partial charge on any atom is -0.273 e. The maximum atomic E-state index is 10.2. The van der Waals surface area contributed by atoms with Crippen LogP contribution in [-0.2, 0) is 17.4 Å². The molecule has 1 fully saturated rings. The number of hydrogen-bond acceptors (Lipinski definition) is 3. The summed E-state index contributed by atoms with van der Waals surface area (Å²) in [6, 6.07) is 1.98. The Morgan fingerprint density at radius 2 is 2.38 bits per heavy atom. The summed E-state index contributed by atoms with van der Waals surface area (Å²) in [7, 11) is 1.89. The molecular formula is C9H11N3O. The summed E-state index contributed by atoms with van der Waals surface area (Å²) in [5.41, 5.74) is 1.66. The average molecular weight is 177 g/mol. The molecule has 1 aliphatic rings. The van der Waals surface area contributed by atoms with Crippen LogP contribution < -0.4 is 0 Å². The number of aryl methyl sites for hydroxylation is 2. The Morgan fingerprint density at radius 3 is 2.77 bits per heavy atom. The van der Waals surface area contributed by atoms with Crippen molar-refractivity contribution in [3.63, 3.8) is 0 Å². The second-order valence-electron chi connectivity index (χ2n) is 3.53. The highest BCUT2D eigenvalue weighted by molar-refractivity contribution is 5.39. The topological polar surface area (TPSA) is 47.2 Å². The van der Waals surface area contributed by atoms with E-state index in [9.17, 15) is 4.79 Å². The molecule has 1 heterocycles. The first kappa shape index (κ1) is 8.20. The van der Waals surface area contributed by atoms with Gasteiger partial charge in [0.05, 0.1) is 5.69 Å². The molecule has 68 valence electrons. The fourth-order valence-corrected chi connectivity index (χ4v) is 1.42. The average Bonchev–Trinajstić information content (AvgIpc) is 2.78. The lowest BCUT2D eigenvalue weighted by molar-refractivity contribution is 0.553. The zero-order valence-electron chi connectivity index (χ0n) is 7.74. The Hall–Kier alpha value is -1.41. The van der Waals surface area contributed by atoms with Crippen molar-refractivity contribution >= 4 is 6.08 Å². The van der Waals surface area contributed by atoms with Crippen molar-refractivity contribution in [1.82, 2.24) is 9.78 Å². The lowest BCUT2D eigenvalue weighted by Crippen LogP contribution is -2.04. The lowest BCUT2D eigenvalue weighted by atomic mass is 10.2. The largest absolute Gasteiger partial charge is 0.273 e. The SMILES string of the molecule is Cc1cc(C2(N=C=O)CC2)nn1C. The molecule has 0 bridgehead atoms. The lowest BCUT2D eigenvalue weighted by Gasteiger charge is -2.00. The molecule has 0 atom stereocenters. The van der Waals surface area contributed by atoms with Crippen LogP contribution in [0.1, 0.15) is 24.2 Å². The molecule has 0 amide bonds. The van der Waals surface area contributed by atoms with Gasteiger partial charge in [-0.05, 0) is 25.8 Å². The summed E-state index contributed by atoms with van der Waals surface area (Å²) in [4.78, 5) is 14.0. The maximum Gasteiger partial charge on any atom is 0.235 e. The Bertz CT molecular complexity index is 364. The number of carbonyl (C=O) groups excluding carboxylic acids is 1. The van der Waals surface area contributed by atoms with Crippen molar-refractivity contribution in [1.29, 1.82) is 0 Å². The number of rotatable bonds is 2. The molecular weight excluding hydrogens is 166 g/mol. The molecule has 1 aromatic heterocycles. The first-order chi connectivity index (χ1) is 6.18. The highest BCUT2D eigenvalue weighted by Crippen LogP contribution is 2.48. The smallest absolute Gasteiger partial charge is 0.235 e. The van der Waals surface area contributed by atoms with Crippen molar-refractivity contribution < 1.29 is 4.79 Å². The van der Waals surface area contributed by atoms with Gasteiger partial charge in [0.2, 0.25) is 6.08 Å². The van der Waals surface area contributed by atoms with Crippen LogP contribution in [0.4, 0.5) is 0 Å². The van der Waals surface area contributed by atoms with E-state index in [4.69, 9.17) is 0 Å². The Morgan fingerprint density at radius 1 is 1.69 bits per heavy atom. The third kappa shape index (κ3) is 1.19. The summed E-state index contributed by atoms with van der Waals surface area (Å²) in [5.74, 6) is 0. The van der Waals surface area contributed by atoms with E-state index in [1.807, 2.05) is 20.0 Å². The van der Waals surface area contributed by atoms with Crippen molar-refractivity contribution in [2.24, 2.45) is 12.0 Å². The van der Waals surface area contributed by atoms with Crippen molar-refractivity contribution in [2.75, 3.05) is 0 Å². The van der Waals surface area contributed by atoms with Gasteiger partial charge in [-0.1, -0.05) is 0 Å². The second kappa shape index (κ2) is 2.54. The zero-order chi connectivity index (χ0) is 9.47. The van der Waals surface area contributed by atoms with E-state index in [1.54, 1.807) is 10.8 Å². The van der Waals surface area contributed by atoms with Crippen molar-refractivity contribution in [2.45, 2.75) is 25.3 Å². The van der Waals surface area contributed by atoms with E-state index in [-0.39, 0.29) is 5.54 Å². The van der Waals surface area contributed by atoms with E-state index < -0.39 is 0 Å². The van der Waals surface area contributed by atoms with E-state index >= 15 is 0 Å². The fourth-order valence-electron chi connectivity index (χ4n) is 1.42. The molecule has 1 saturated carbocycles. The van der Waals surface area contributed by atoms with Gasteiger partial charge in [-0.2, -0.15) is 10.1 Å². The predicted molar refractivity (Wildman–Crippen MR) is 47.0 cm³/mol. The van der Waals surface area contributed by atoms with E-state index in [2.05, 4.69) is 10.1 Å². The Balaban J connectivity index is 2.40. The Kier molecular flexibility index (Phi) is 1.60. The summed E-state index contributed by atoms with van der Waals surface area (Å²) in [6.45, 7) is 1.98. The summed E-state index contributed by atoms with van der Waals surface area (Å²) < 4.78 is 1.80. The van der Waals surface area contributed by atoms with Crippen LogP contribution in [0.25, 0.3) is 0 Å². The van der Waals surface area contributed by atoms with Gasteiger partial charge < -0.3 is 0 Å². The van der Waals surface area contributed by atoms with Crippen LogP contribution >= 0.6 is 0 Å². The minimum absolute atomic E-state index is 0.326. The summed E-state index contributed by atoms with van der Waals surface area (Å²) in [6.07, 6.45) is 3.45. The molecule has 2 rings (SSSR count). The van der Waals surface area contributed by atoms with Gasteiger partial charge in [-0.3, -0.25) is 4.68 Å². The van der Waals surface area contributed by atoms with Crippen molar-refractivity contribution in [3.05, 3.63) is 17.5 Å². The number of isocyanates is 1. The highest BCUT2D eigenvalue weighted by Gasteiger charge is 2.47. The molecule has 0 aliphatic heterocycles. The first-order valence-corrected chi connectivity index (χ1v) is 4.28.